The average Bonchev–Trinajstić information content (AvgIpc) is 3.15. The molecule has 6 heteroatoms. The van der Waals surface area contributed by atoms with Gasteiger partial charge in [0, 0.05) is 23.2 Å². The predicted molar refractivity (Wildman–Crippen MR) is 111 cm³/mol. The van der Waals surface area contributed by atoms with Gasteiger partial charge in [0.15, 0.2) is 0 Å². The van der Waals surface area contributed by atoms with Gasteiger partial charge in [-0.15, -0.1) is 0 Å². The van der Waals surface area contributed by atoms with Crippen molar-refractivity contribution in [3.63, 3.8) is 0 Å². The quantitative estimate of drug-likeness (QED) is 0.499. The Balaban J connectivity index is 1.47. The first kappa shape index (κ1) is 18.0. The molecule has 0 aliphatic carbocycles. The van der Waals surface area contributed by atoms with Crippen LogP contribution in [0.1, 0.15) is 41.3 Å². The van der Waals surface area contributed by atoms with E-state index in [4.69, 9.17) is 0 Å². The summed E-state index contributed by atoms with van der Waals surface area (Å²) in [4.78, 5) is 34.8. The third-order valence-corrected chi connectivity index (χ3v) is 4.97. The highest BCUT2D eigenvalue weighted by Gasteiger charge is 2.09. The van der Waals surface area contributed by atoms with E-state index in [9.17, 15) is 9.59 Å². The van der Waals surface area contributed by atoms with Gasteiger partial charge in [0.25, 0.3) is 11.5 Å². The van der Waals surface area contributed by atoms with Crippen molar-refractivity contribution in [2.24, 2.45) is 0 Å². The number of carbonyl (C=O) groups excluding carboxylic acids is 1. The molecule has 0 radical (unpaired) electrons. The maximum Gasteiger partial charge on any atom is 0.251 e. The molecule has 0 bridgehead atoms. The number of hydrogen-bond donors (Lipinski definition) is 3. The molecular formula is C22H22N4O2. The van der Waals surface area contributed by atoms with Gasteiger partial charge < -0.3 is 15.3 Å². The Morgan fingerprint density at radius 2 is 1.96 bits per heavy atom. The number of aromatic nitrogens is 3. The van der Waals surface area contributed by atoms with E-state index in [1.54, 1.807) is 24.5 Å². The smallest absolute Gasteiger partial charge is 0.251 e. The number of carbonyl (C=O) groups is 1. The number of amides is 1. The molecule has 0 unspecified atom stereocenters. The van der Waals surface area contributed by atoms with Crippen LogP contribution in [0.3, 0.4) is 0 Å². The fraction of sp³-hybridized carbons (Fsp3) is 0.227. The van der Waals surface area contributed by atoms with Crippen LogP contribution in [0.4, 0.5) is 0 Å². The Morgan fingerprint density at radius 1 is 1.11 bits per heavy atom. The topological polar surface area (TPSA) is 90.6 Å². The number of benzene rings is 2. The second kappa shape index (κ2) is 7.31. The summed E-state index contributed by atoms with van der Waals surface area (Å²) in [6.07, 6.45) is 2.07. The molecule has 3 N–H and O–H groups in total. The second-order valence-electron chi connectivity index (χ2n) is 7.27. The molecule has 2 aromatic heterocycles. The molecule has 28 heavy (non-hydrogen) atoms. The Bertz CT molecular complexity index is 1220. The van der Waals surface area contributed by atoms with Crippen molar-refractivity contribution in [3.8, 4) is 0 Å². The zero-order chi connectivity index (χ0) is 19.7. The third kappa shape index (κ3) is 3.53. The molecule has 0 spiro atoms. The number of fused-ring (bicyclic) bond motifs is 2. The number of pyridine rings is 1. The van der Waals surface area contributed by atoms with Crippen LogP contribution in [0.2, 0.25) is 0 Å². The fourth-order valence-corrected chi connectivity index (χ4v) is 3.30. The molecule has 4 rings (SSSR count). The number of H-pyrrole nitrogens is 2. The van der Waals surface area contributed by atoms with E-state index in [1.807, 2.05) is 18.2 Å². The summed E-state index contributed by atoms with van der Waals surface area (Å²) in [5.74, 6) is 0.252. The lowest BCUT2D eigenvalue weighted by atomic mass is 10.0. The zero-order valence-corrected chi connectivity index (χ0v) is 15.9. The van der Waals surface area contributed by atoms with Crippen LogP contribution in [0, 0.1) is 0 Å². The summed E-state index contributed by atoms with van der Waals surface area (Å²) in [7, 11) is 0. The first-order chi connectivity index (χ1) is 13.5. The highest BCUT2D eigenvalue weighted by molar-refractivity contribution is 5.97. The number of rotatable bonds is 5. The van der Waals surface area contributed by atoms with Gasteiger partial charge >= 0.3 is 0 Å². The third-order valence-electron chi connectivity index (χ3n) is 4.97. The van der Waals surface area contributed by atoms with Crippen LogP contribution in [0.15, 0.2) is 53.6 Å². The Labute approximate surface area is 162 Å². The maximum absolute atomic E-state index is 12.4. The summed E-state index contributed by atoms with van der Waals surface area (Å²) in [6.45, 7) is 4.67. The minimum atomic E-state index is -0.171. The summed E-state index contributed by atoms with van der Waals surface area (Å²) in [5, 5.41) is 3.89. The number of nitrogens with one attached hydrogen (secondary N) is 3. The molecule has 2 aromatic carbocycles. The largest absolute Gasteiger partial charge is 0.352 e. The lowest BCUT2D eigenvalue weighted by molar-refractivity contribution is 0.0954. The minimum absolute atomic E-state index is 0.113. The van der Waals surface area contributed by atoms with Crippen molar-refractivity contribution < 1.29 is 4.79 Å². The lowest BCUT2D eigenvalue weighted by Crippen LogP contribution is -2.27. The van der Waals surface area contributed by atoms with Crippen molar-refractivity contribution in [2.45, 2.75) is 26.2 Å². The second-order valence-corrected chi connectivity index (χ2v) is 7.27. The molecule has 0 atom stereocenters. The summed E-state index contributed by atoms with van der Waals surface area (Å²) in [6, 6.07) is 13.3. The lowest BCUT2D eigenvalue weighted by Gasteiger charge is -2.09. The molecule has 142 valence electrons. The van der Waals surface area contributed by atoms with Gasteiger partial charge in [-0.1, -0.05) is 19.9 Å². The van der Waals surface area contributed by atoms with Crippen molar-refractivity contribution in [1.82, 2.24) is 20.3 Å². The van der Waals surface area contributed by atoms with Crippen molar-refractivity contribution in [2.75, 3.05) is 6.54 Å². The van der Waals surface area contributed by atoms with Gasteiger partial charge in [-0.25, -0.2) is 4.98 Å². The predicted octanol–water partition coefficient (Wildman–Crippen LogP) is 3.50. The minimum Gasteiger partial charge on any atom is -0.352 e. The van der Waals surface area contributed by atoms with Gasteiger partial charge in [0.05, 0.1) is 17.4 Å². The summed E-state index contributed by atoms with van der Waals surface area (Å²) >= 11 is 0. The van der Waals surface area contributed by atoms with E-state index >= 15 is 0 Å². The number of imidazole rings is 1. The molecule has 0 fully saturated rings. The summed E-state index contributed by atoms with van der Waals surface area (Å²) in [5.41, 5.74) is 4.81. The molecule has 2 heterocycles. The number of nitrogens with zero attached hydrogens (tertiary/aromatic N) is 1. The van der Waals surface area contributed by atoms with E-state index in [2.05, 4.69) is 40.2 Å². The van der Waals surface area contributed by atoms with E-state index in [0.717, 1.165) is 21.9 Å². The van der Waals surface area contributed by atoms with Crippen LogP contribution in [0.5, 0.6) is 0 Å². The fourth-order valence-electron chi connectivity index (χ4n) is 3.30. The van der Waals surface area contributed by atoms with Gasteiger partial charge in [0.1, 0.15) is 0 Å². The van der Waals surface area contributed by atoms with E-state index in [0.29, 0.717) is 30.0 Å². The van der Waals surface area contributed by atoms with E-state index in [1.165, 1.54) is 5.56 Å². The van der Waals surface area contributed by atoms with Gasteiger partial charge in [0.2, 0.25) is 0 Å². The van der Waals surface area contributed by atoms with Gasteiger partial charge in [-0.05, 0) is 59.7 Å². The molecule has 0 aliphatic heterocycles. The van der Waals surface area contributed by atoms with Crippen molar-refractivity contribution in [1.29, 1.82) is 0 Å². The van der Waals surface area contributed by atoms with Crippen LogP contribution in [0.25, 0.3) is 21.9 Å². The standard InChI is InChI=1S/C22H22N4O2/c1-13(2)14-3-5-18-17(9-14)10-16(22(28)26-18)7-8-23-21(27)15-4-6-19-20(11-15)25-12-24-19/h3-6,9-13H,7-8H2,1-2H3,(H,23,27)(H,24,25)(H,26,28). The number of aromatic amines is 2. The normalized spacial score (nSPS) is 11.4. The van der Waals surface area contributed by atoms with E-state index < -0.39 is 0 Å². The van der Waals surface area contributed by atoms with Crippen molar-refractivity contribution in [3.05, 3.63) is 75.8 Å². The van der Waals surface area contributed by atoms with Crippen LogP contribution < -0.4 is 10.9 Å². The Hall–Kier alpha value is -3.41. The summed E-state index contributed by atoms with van der Waals surface area (Å²) < 4.78 is 0. The van der Waals surface area contributed by atoms with E-state index in [-0.39, 0.29) is 11.5 Å². The first-order valence-electron chi connectivity index (χ1n) is 9.38. The van der Waals surface area contributed by atoms with Gasteiger partial charge in [-0.3, -0.25) is 9.59 Å². The highest BCUT2D eigenvalue weighted by Crippen LogP contribution is 2.20. The van der Waals surface area contributed by atoms with Crippen molar-refractivity contribution >= 4 is 27.8 Å². The molecule has 1 amide bonds. The molecule has 0 aliphatic rings. The SMILES string of the molecule is CC(C)c1ccc2[nH]c(=O)c(CCNC(=O)c3ccc4nc[nH]c4c3)cc2c1. The van der Waals surface area contributed by atoms with Crippen LogP contribution in [-0.2, 0) is 6.42 Å². The highest BCUT2D eigenvalue weighted by atomic mass is 16.1. The molecule has 0 saturated heterocycles. The van der Waals surface area contributed by atoms with Crippen LogP contribution >= 0.6 is 0 Å². The monoisotopic (exact) mass is 374 g/mol. The first-order valence-corrected chi connectivity index (χ1v) is 9.38. The maximum atomic E-state index is 12.4. The zero-order valence-electron chi connectivity index (χ0n) is 15.9. The average molecular weight is 374 g/mol. The Kier molecular flexibility index (Phi) is 4.69. The molecular weight excluding hydrogens is 352 g/mol. The Morgan fingerprint density at radius 3 is 2.79 bits per heavy atom. The number of hydrogen-bond acceptors (Lipinski definition) is 3. The molecule has 4 aromatic rings. The van der Waals surface area contributed by atoms with Gasteiger partial charge in [-0.2, -0.15) is 0 Å². The van der Waals surface area contributed by atoms with Crippen LogP contribution in [-0.4, -0.2) is 27.4 Å². The molecule has 6 nitrogen and oxygen atoms in total. The molecule has 0 saturated carbocycles.